The molecular weight excluding hydrogens is 182 g/mol. The van der Waals surface area contributed by atoms with Crippen LogP contribution in [-0.4, -0.2) is 23.8 Å². The number of carbonyl (C=O) groups excluding carboxylic acids is 2. The Morgan fingerprint density at radius 2 is 2.07 bits per heavy atom. The van der Waals surface area contributed by atoms with Gasteiger partial charge in [-0.2, -0.15) is 0 Å². The third-order valence-corrected chi connectivity index (χ3v) is 1.88. The number of methoxy groups -OCH3 is 1. The summed E-state index contributed by atoms with van der Waals surface area (Å²) < 4.78 is 4.51. The second-order valence-electron chi connectivity index (χ2n) is 2.93. The molecule has 0 saturated carbocycles. The van der Waals surface area contributed by atoms with E-state index < -0.39 is 5.97 Å². The quantitative estimate of drug-likeness (QED) is 0.526. The monoisotopic (exact) mass is 193 g/mol. The van der Waals surface area contributed by atoms with Crippen molar-refractivity contribution in [2.75, 3.05) is 7.11 Å². The number of hydrogen-bond acceptors (Lipinski definition) is 4. The summed E-state index contributed by atoms with van der Waals surface area (Å²) in [5.41, 5.74) is 1.47. The number of aromatic nitrogens is 1. The molecule has 0 amide bonds. The number of carbonyl (C=O) groups is 2. The summed E-state index contributed by atoms with van der Waals surface area (Å²) in [7, 11) is 1.29. The zero-order valence-corrected chi connectivity index (χ0v) is 8.33. The van der Waals surface area contributed by atoms with Crippen LogP contribution in [-0.2, 0) is 4.74 Å². The van der Waals surface area contributed by atoms with Crippen LogP contribution in [0.3, 0.4) is 0 Å². The highest BCUT2D eigenvalue weighted by Crippen LogP contribution is 2.09. The number of rotatable bonds is 2. The van der Waals surface area contributed by atoms with Crippen molar-refractivity contribution in [2.45, 2.75) is 13.8 Å². The lowest BCUT2D eigenvalue weighted by Gasteiger charge is -2.03. The van der Waals surface area contributed by atoms with Gasteiger partial charge in [0.25, 0.3) is 0 Å². The van der Waals surface area contributed by atoms with Crippen LogP contribution < -0.4 is 0 Å². The topological polar surface area (TPSA) is 56.3 Å². The van der Waals surface area contributed by atoms with Crippen molar-refractivity contribution >= 4 is 11.8 Å². The van der Waals surface area contributed by atoms with Gasteiger partial charge in [-0.1, -0.05) is 0 Å². The standard InChI is InChI=1S/C10H11NO3/c1-6-4-9(10(13)14-3)11-5-8(6)7(2)12/h4-5H,1-3H3. The van der Waals surface area contributed by atoms with Gasteiger partial charge >= 0.3 is 5.97 Å². The summed E-state index contributed by atoms with van der Waals surface area (Å²) in [5.74, 6) is -0.561. The Kier molecular flexibility index (Phi) is 2.96. The van der Waals surface area contributed by atoms with E-state index in [1.165, 1.54) is 20.2 Å². The zero-order valence-electron chi connectivity index (χ0n) is 8.33. The first-order valence-electron chi connectivity index (χ1n) is 4.12. The molecule has 1 rings (SSSR count). The third kappa shape index (κ3) is 1.96. The summed E-state index contributed by atoms with van der Waals surface area (Å²) in [6.07, 6.45) is 1.39. The molecule has 0 aliphatic carbocycles. The maximum absolute atomic E-state index is 11.1. The molecule has 74 valence electrons. The molecule has 0 N–H and O–H groups in total. The first kappa shape index (κ1) is 10.4. The summed E-state index contributed by atoms with van der Waals surface area (Å²) in [4.78, 5) is 26.0. The van der Waals surface area contributed by atoms with Gasteiger partial charge in [0.15, 0.2) is 5.78 Å². The number of esters is 1. The van der Waals surface area contributed by atoms with Gasteiger partial charge in [-0.3, -0.25) is 4.79 Å². The summed E-state index contributed by atoms with van der Waals surface area (Å²) >= 11 is 0. The largest absolute Gasteiger partial charge is 0.464 e. The van der Waals surface area contributed by atoms with E-state index >= 15 is 0 Å². The highest BCUT2D eigenvalue weighted by molar-refractivity contribution is 5.96. The third-order valence-electron chi connectivity index (χ3n) is 1.88. The van der Waals surface area contributed by atoms with Crippen LogP contribution in [0.5, 0.6) is 0 Å². The second kappa shape index (κ2) is 4.00. The molecule has 0 saturated heterocycles. The van der Waals surface area contributed by atoms with E-state index in [9.17, 15) is 9.59 Å². The fourth-order valence-electron chi connectivity index (χ4n) is 1.14. The van der Waals surface area contributed by atoms with Crippen molar-refractivity contribution in [3.05, 3.63) is 29.1 Å². The van der Waals surface area contributed by atoms with E-state index in [0.29, 0.717) is 5.56 Å². The van der Waals surface area contributed by atoms with Crippen LogP contribution in [0.15, 0.2) is 12.3 Å². The molecule has 0 fully saturated rings. The van der Waals surface area contributed by atoms with Crippen LogP contribution in [0.2, 0.25) is 0 Å². The van der Waals surface area contributed by atoms with Gasteiger partial charge in [0.1, 0.15) is 5.69 Å². The Labute approximate surface area is 81.9 Å². The lowest BCUT2D eigenvalue weighted by Crippen LogP contribution is -2.07. The van der Waals surface area contributed by atoms with Crippen molar-refractivity contribution in [1.29, 1.82) is 0 Å². The van der Waals surface area contributed by atoms with Crippen LogP contribution >= 0.6 is 0 Å². The van der Waals surface area contributed by atoms with Gasteiger partial charge in [-0.25, -0.2) is 9.78 Å². The number of hydrogen-bond donors (Lipinski definition) is 0. The van der Waals surface area contributed by atoms with Crippen molar-refractivity contribution in [2.24, 2.45) is 0 Å². The molecule has 4 heteroatoms. The summed E-state index contributed by atoms with van der Waals surface area (Å²) in [6, 6.07) is 1.54. The molecule has 0 radical (unpaired) electrons. The van der Waals surface area contributed by atoms with E-state index in [4.69, 9.17) is 0 Å². The minimum Gasteiger partial charge on any atom is -0.464 e. The summed E-state index contributed by atoms with van der Waals surface area (Å²) in [5, 5.41) is 0. The Morgan fingerprint density at radius 1 is 1.43 bits per heavy atom. The smallest absolute Gasteiger partial charge is 0.356 e. The highest BCUT2D eigenvalue weighted by Gasteiger charge is 2.10. The minimum atomic E-state index is -0.497. The predicted molar refractivity (Wildman–Crippen MR) is 50.3 cm³/mol. The van der Waals surface area contributed by atoms with Gasteiger partial charge in [-0.05, 0) is 25.5 Å². The Balaban J connectivity index is 3.12. The van der Waals surface area contributed by atoms with E-state index in [-0.39, 0.29) is 11.5 Å². The number of ether oxygens (including phenoxy) is 1. The van der Waals surface area contributed by atoms with E-state index in [1.54, 1.807) is 13.0 Å². The average Bonchev–Trinajstić information content (AvgIpc) is 2.15. The van der Waals surface area contributed by atoms with E-state index in [0.717, 1.165) is 5.56 Å². The SMILES string of the molecule is COC(=O)c1cc(C)c(C(C)=O)cn1. The summed E-state index contributed by atoms with van der Waals surface area (Å²) in [6.45, 7) is 3.21. The minimum absolute atomic E-state index is 0.0635. The Morgan fingerprint density at radius 3 is 2.50 bits per heavy atom. The van der Waals surface area contributed by atoms with Crippen LogP contribution in [0.1, 0.15) is 33.3 Å². The number of nitrogens with zero attached hydrogens (tertiary/aromatic N) is 1. The lowest BCUT2D eigenvalue weighted by atomic mass is 10.1. The fourth-order valence-corrected chi connectivity index (χ4v) is 1.14. The number of ketones is 1. The number of pyridine rings is 1. The van der Waals surface area contributed by atoms with Crippen LogP contribution in [0.25, 0.3) is 0 Å². The normalized spacial score (nSPS) is 9.64. The molecule has 0 aliphatic heterocycles. The van der Waals surface area contributed by atoms with Crippen molar-refractivity contribution in [1.82, 2.24) is 4.98 Å². The maximum Gasteiger partial charge on any atom is 0.356 e. The molecule has 1 heterocycles. The lowest BCUT2D eigenvalue weighted by molar-refractivity contribution is 0.0593. The molecule has 0 unspecified atom stereocenters. The fraction of sp³-hybridized carbons (Fsp3) is 0.300. The molecule has 1 aromatic rings. The number of aryl methyl sites for hydroxylation is 1. The highest BCUT2D eigenvalue weighted by atomic mass is 16.5. The molecule has 14 heavy (non-hydrogen) atoms. The van der Waals surface area contributed by atoms with Crippen LogP contribution in [0.4, 0.5) is 0 Å². The van der Waals surface area contributed by atoms with Crippen LogP contribution in [0, 0.1) is 6.92 Å². The molecule has 0 aromatic carbocycles. The Bertz CT molecular complexity index is 385. The van der Waals surface area contributed by atoms with Gasteiger partial charge in [-0.15, -0.1) is 0 Å². The maximum atomic E-state index is 11.1. The van der Waals surface area contributed by atoms with Crippen molar-refractivity contribution in [3.8, 4) is 0 Å². The molecule has 0 aliphatic rings. The van der Waals surface area contributed by atoms with Gasteiger partial charge < -0.3 is 4.74 Å². The zero-order chi connectivity index (χ0) is 10.7. The molecule has 0 spiro atoms. The van der Waals surface area contributed by atoms with Gasteiger partial charge in [0.2, 0.25) is 0 Å². The van der Waals surface area contributed by atoms with E-state index in [1.807, 2.05) is 0 Å². The van der Waals surface area contributed by atoms with E-state index in [2.05, 4.69) is 9.72 Å². The number of Topliss-reactive ketones (excluding diaryl/α,β-unsaturated/α-hetero) is 1. The Hall–Kier alpha value is -1.71. The first-order valence-corrected chi connectivity index (χ1v) is 4.12. The molecule has 0 bridgehead atoms. The molecular formula is C10H11NO3. The van der Waals surface area contributed by atoms with Crippen molar-refractivity contribution in [3.63, 3.8) is 0 Å². The van der Waals surface area contributed by atoms with Gasteiger partial charge in [0, 0.05) is 11.8 Å². The molecule has 4 nitrogen and oxygen atoms in total. The molecule has 0 atom stereocenters. The molecule has 1 aromatic heterocycles. The predicted octanol–water partition coefficient (Wildman–Crippen LogP) is 1.38. The first-order chi connectivity index (χ1) is 6.56. The van der Waals surface area contributed by atoms with Gasteiger partial charge in [0.05, 0.1) is 7.11 Å². The average molecular weight is 193 g/mol. The van der Waals surface area contributed by atoms with Crippen molar-refractivity contribution < 1.29 is 14.3 Å². The second-order valence-corrected chi connectivity index (χ2v) is 2.93.